The van der Waals surface area contributed by atoms with Crippen molar-refractivity contribution in [2.75, 3.05) is 0 Å². The van der Waals surface area contributed by atoms with Gasteiger partial charge in [-0.3, -0.25) is 4.74 Å². The Morgan fingerprint density at radius 3 is 1.33 bits per heavy atom. The molecule has 1 aliphatic rings. The van der Waals surface area contributed by atoms with E-state index in [-0.39, 0.29) is 52.8 Å². The molecule has 1 rings (SSSR count). The standard InChI is InChI=1S/C6HF11O3.K.H/c7-1(3(9,10)11)5(15,16)20-6(17,18)2(8,19-1)4(12,13)14;;/h18H;;/q;+1;-1. The van der Waals surface area contributed by atoms with Crippen molar-refractivity contribution in [3.63, 3.8) is 0 Å². The number of hydrogen-bond donors (Lipinski definition) is 1. The second-order valence-corrected chi connectivity index (χ2v) is 3.47. The second kappa shape index (κ2) is 5.39. The Hall–Kier alpha value is 0.746. The molecule has 122 valence electrons. The first-order chi connectivity index (χ1) is 8.41. The van der Waals surface area contributed by atoms with Gasteiger partial charge in [0.1, 0.15) is 0 Å². The van der Waals surface area contributed by atoms with Crippen molar-refractivity contribution < 1.29 is 116 Å². The van der Waals surface area contributed by atoms with Gasteiger partial charge in [-0.1, -0.05) is 0 Å². The zero-order valence-electron chi connectivity index (χ0n) is 10.4. The van der Waals surface area contributed by atoms with Crippen molar-refractivity contribution in [2.45, 2.75) is 36.2 Å². The number of alkyl halides is 11. The van der Waals surface area contributed by atoms with E-state index in [4.69, 9.17) is 5.11 Å². The average molecular weight is 370 g/mol. The fourth-order valence-electron chi connectivity index (χ4n) is 1.07. The Labute approximate surface area is 151 Å². The van der Waals surface area contributed by atoms with Gasteiger partial charge in [0, 0.05) is 0 Å². The molecule has 0 aromatic rings. The van der Waals surface area contributed by atoms with Gasteiger partial charge >= 0.3 is 87.6 Å². The molecule has 15 heteroatoms. The summed E-state index contributed by atoms with van der Waals surface area (Å²) in [7, 11) is 0. The number of ether oxygens (including phenoxy) is 2. The summed E-state index contributed by atoms with van der Waals surface area (Å²) in [5, 5.41) is 8.14. The van der Waals surface area contributed by atoms with E-state index >= 15 is 0 Å². The molecule has 0 aliphatic carbocycles. The van der Waals surface area contributed by atoms with Gasteiger partial charge in [-0.2, -0.15) is 48.3 Å². The minimum absolute atomic E-state index is 0. The molecule has 0 bridgehead atoms. The molecule has 0 aromatic carbocycles. The van der Waals surface area contributed by atoms with E-state index in [0.29, 0.717) is 0 Å². The van der Waals surface area contributed by atoms with Crippen molar-refractivity contribution in [3.05, 3.63) is 0 Å². The van der Waals surface area contributed by atoms with Crippen LogP contribution in [0.2, 0.25) is 0 Å². The summed E-state index contributed by atoms with van der Waals surface area (Å²) in [6, 6.07) is -6.13. The molecule has 1 N–H and O–H groups in total. The van der Waals surface area contributed by atoms with Crippen LogP contribution in [0.25, 0.3) is 0 Å². The molecule has 0 radical (unpaired) electrons. The van der Waals surface area contributed by atoms with E-state index in [2.05, 4.69) is 0 Å². The van der Waals surface area contributed by atoms with Gasteiger partial charge < -0.3 is 6.53 Å². The molecule has 0 saturated carbocycles. The summed E-state index contributed by atoms with van der Waals surface area (Å²) in [6.07, 6.45) is -20.3. The average Bonchev–Trinajstić information content (AvgIpc) is 2.09. The number of aliphatic hydroxyl groups is 1. The maximum Gasteiger partial charge on any atom is 1.00 e. The van der Waals surface area contributed by atoms with Crippen LogP contribution in [0.4, 0.5) is 48.3 Å². The van der Waals surface area contributed by atoms with Crippen LogP contribution < -0.4 is 51.4 Å². The summed E-state index contributed by atoms with van der Waals surface area (Å²) >= 11 is 0. The van der Waals surface area contributed by atoms with Gasteiger partial charge in [0.15, 0.2) is 0 Å². The third-order valence-electron chi connectivity index (χ3n) is 2.04. The molecule has 0 spiro atoms. The predicted molar refractivity (Wildman–Crippen MR) is 34.1 cm³/mol. The first-order valence-electron chi connectivity index (χ1n) is 4.12. The molecule has 21 heavy (non-hydrogen) atoms. The van der Waals surface area contributed by atoms with Crippen LogP contribution in [-0.4, -0.2) is 41.3 Å². The van der Waals surface area contributed by atoms with Crippen molar-refractivity contribution in [1.29, 1.82) is 0 Å². The third-order valence-corrected chi connectivity index (χ3v) is 2.04. The van der Waals surface area contributed by atoms with Gasteiger partial charge in [0.05, 0.1) is 0 Å². The third kappa shape index (κ3) is 3.07. The van der Waals surface area contributed by atoms with Crippen LogP contribution in [0.3, 0.4) is 0 Å². The van der Waals surface area contributed by atoms with Crippen molar-refractivity contribution in [3.8, 4) is 0 Å². The minimum atomic E-state index is -6.95. The van der Waals surface area contributed by atoms with Crippen LogP contribution >= 0.6 is 0 Å². The summed E-state index contributed by atoms with van der Waals surface area (Å²) < 4.78 is 140. The molecule has 1 saturated heterocycles. The zero-order valence-corrected chi connectivity index (χ0v) is 12.5. The van der Waals surface area contributed by atoms with Gasteiger partial charge in [-0.15, -0.1) is 0 Å². The number of halogens is 11. The summed E-state index contributed by atoms with van der Waals surface area (Å²) in [5.41, 5.74) is 0. The molecule has 0 amide bonds. The largest absolute Gasteiger partial charge is 1.00 e. The second-order valence-electron chi connectivity index (χ2n) is 3.47. The first-order valence-corrected chi connectivity index (χ1v) is 4.12. The van der Waals surface area contributed by atoms with Gasteiger partial charge in [-0.05, 0) is 0 Å². The predicted octanol–water partition coefficient (Wildman–Crippen LogP) is -0.186. The van der Waals surface area contributed by atoms with Crippen LogP contribution in [0, 0.1) is 0 Å². The van der Waals surface area contributed by atoms with E-state index in [9.17, 15) is 48.3 Å². The summed E-state index contributed by atoms with van der Waals surface area (Å²) in [6.45, 7) is 0. The maximum absolute atomic E-state index is 13.1. The Balaban J connectivity index is 0. The Kier molecular flexibility index (Phi) is 5.58. The van der Waals surface area contributed by atoms with Crippen molar-refractivity contribution >= 4 is 0 Å². The molecule has 0 aromatic heterocycles. The minimum Gasteiger partial charge on any atom is -1.00 e. The molecule has 3 nitrogen and oxygen atoms in total. The SMILES string of the molecule is OC1(F)OC(F)(F)C(F)(C(F)(F)F)OC1(F)C(F)(F)F.[H-].[K+]. The summed E-state index contributed by atoms with van der Waals surface area (Å²) in [4.78, 5) is 0. The normalized spacial score (nSPS) is 40.6. The molecule has 3 atom stereocenters. The number of hydrogen-bond acceptors (Lipinski definition) is 3. The van der Waals surface area contributed by atoms with Crippen LogP contribution in [0.15, 0.2) is 0 Å². The molecule has 1 aliphatic heterocycles. The molecular formula is C6H2F11KO3. The van der Waals surface area contributed by atoms with Crippen molar-refractivity contribution in [1.82, 2.24) is 0 Å². The smallest absolute Gasteiger partial charge is 1.00 e. The van der Waals surface area contributed by atoms with Gasteiger partial charge in [-0.25, -0.2) is 4.74 Å². The quantitative estimate of drug-likeness (QED) is 0.475. The van der Waals surface area contributed by atoms with Crippen LogP contribution in [-0.2, 0) is 9.47 Å². The van der Waals surface area contributed by atoms with E-state index in [1.165, 1.54) is 0 Å². The van der Waals surface area contributed by atoms with Gasteiger partial charge in [0.2, 0.25) is 0 Å². The van der Waals surface area contributed by atoms with E-state index in [1.54, 1.807) is 0 Å². The van der Waals surface area contributed by atoms with Crippen LogP contribution in [0.5, 0.6) is 0 Å². The molecule has 1 fully saturated rings. The molecule has 1 heterocycles. The summed E-state index contributed by atoms with van der Waals surface area (Å²) in [5.74, 6) is -13.2. The Bertz CT molecular complexity index is 376. The van der Waals surface area contributed by atoms with Crippen LogP contribution in [0.1, 0.15) is 1.43 Å². The first kappa shape index (κ1) is 21.7. The van der Waals surface area contributed by atoms with E-state index in [1.807, 2.05) is 9.47 Å². The fraction of sp³-hybridized carbons (Fsp3) is 1.00. The Morgan fingerprint density at radius 1 is 0.714 bits per heavy atom. The fourth-order valence-corrected chi connectivity index (χ4v) is 1.07. The van der Waals surface area contributed by atoms with Crippen molar-refractivity contribution in [2.24, 2.45) is 0 Å². The van der Waals surface area contributed by atoms with E-state index < -0.39 is 36.2 Å². The van der Waals surface area contributed by atoms with E-state index in [0.717, 1.165) is 0 Å². The number of rotatable bonds is 0. The molecule has 3 unspecified atom stereocenters. The monoisotopic (exact) mass is 370 g/mol. The maximum atomic E-state index is 13.1. The Morgan fingerprint density at radius 2 is 1.05 bits per heavy atom. The topological polar surface area (TPSA) is 38.7 Å². The molecular weight excluding hydrogens is 368 g/mol. The zero-order chi connectivity index (χ0) is 16.4. The van der Waals surface area contributed by atoms with Gasteiger partial charge in [0.25, 0.3) is 0 Å².